The van der Waals surface area contributed by atoms with Gasteiger partial charge in [0.2, 0.25) is 0 Å². The molecule has 0 radical (unpaired) electrons. The first kappa shape index (κ1) is 11.1. The van der Waals surface area contributed by atoms with Gasteiger partial charge in [-0.25, -0.2) is 0 Å². The Hall–Kier alpha value is -0.410. The smallest absolute Gasteiger partial charge is 0.137 e. The van der Waals surface area contributed by atoms with Crippen molar-refractivity contribution in [2.45, 2.75) is 44.6 Å². The van der Waals surface area contributed by atoms with Crippen molar-refractivity contribution in [1.82, 2.24) is 4.90 Å². The lowest BCUT2D eigenvalue weighted by atomic mass is 9.95. The second kappa shape index (κ2) is 5.08. The zero-order valence-electron chi connectivity index (χ0n) is 9.32. The molecular weight excluding hydrogens is 190 g/mol. The van der Waals surface area contributed by atoms with Crippen molar-refractivity contribution in [3.63, 3.8) is 0 Å². The van der Waals surface area contributed by atoms with Crippen molar-refractivity contribution in [3.8, 4) is 0 Å². The molecule has 3 heteroatoms. The van der Waals surface area contributed by atoms with Gasteiger partial charge in [0, 0.05) is 31.5 Å². The second-order valence-electron chi connectivity index (χ2n) is 4.79. The summed E-state index contributed by atoms with van der Waals surface area (Å²) >= 11 is 0. The van der Waals surface area contributed by atoms with Crippen LogP contribution in [0.1, 0.15) is 38.5 Å². The highest BCUT2D eigenvalue weighted by molar-refractivity contribution is 5.83. The van der Waals surface area contributed by atoms with E-state index >= 15 is 0 Å². The Morgan fingerprint density at radius 2 is 2.20 bits per heavy atom. The van der Waals surface area contributed by atoms with Crippen LogP contribution in [0.5, 0.6) is 0 Å². The van der Waals surface area contributed by atoms with Gasteiger partial charge in [-0.15, -0.1) is 0 Å². The van der Waals surface area contributed by atoms with Crippen molar-refractivity contribution in [2.24, 2.45) is 5.92 Å². The minimum Gasteiger partial charge on any atom is -0.396 e. The van der Waals surface area contributed by atoms with E-state index in [1.165, 1.54) is 12.8 Å². The molecule has 1 aliphatic carbocycles. The number of hydrogen-bond donors (Lipinski definition) is 1. The first-order valence-corrected chi connectivity index (χ1v) is 6.20. The highest BCUT2D eigenvalue weighted by Gasteiger charge is 2.37. The topological polar surface area (TPSA) is 40.5 Å². The van der Waals surface area contributed by atoms with Crippen LogP contribution in [0.3, 0.4) is 0 Å². The van der Waals surface area contributed by atoms with Crippen molar-refractivity contribution >= 4 is 5.78 Å². The zero-order chi connectivity index (χ0) is 10.7. The van der Waals surface area contributed by atoms with Gasteiger partial charge < -0.3 is 5.11 Å². The number of likely N-dealkylation sites (tertiary alicyclic amines) is 1. The number of carbonyl (C=O) groups excluding carboxylic acids is 1. The normalized spacial score (nSPS) is 32.7. The molecule has 1 N–H and O–H groups in total. The highest BCUT2D eigenvalue weighted by Crippen LogP contribution is 2.33. The lowest BCUT2D eigenvalue weighted by Crippen LogP contribution is -2.38. The molecule has 0 spiro atoms. The van der Waals surface area contributed by atoms with E-state index in [0.29, 0.717) is 17.7 Å². The lowest BCUT2D eigenvalue weighted by molar-refractivity contribution is -0.122. The third-order valence-corrected chi connectivity index (χ3v) is 3.83. The maximum absolute atomic E-state index is 11.7. The van der Waals surface area contributed by atoms with E-state index in [0.717, 1.165) is 38.8 Å². The van der Waals surface area contributed by atoms with Crippen LogP contribution in [0, 0.1) is 5.92 Å². The Balaban J connectivity index is 1.91. The average Bonchev–Trinajstić information content (AvgIpc) is 2.82. The monoisotopic (exact) mass is 211 g/mol. The van der Waals surface area contributed by atoms with E-state index in [4.69, 9.17) is 5.11 Å². The van der Waals surface area contributed by atoms with Crippen LogP contribution in [-0.2, 0) is 4.79 Å². The number of rotatable bonds is 4. The number of carbonyl (C=O) groups is 1. The molecule has 2 fully saturated rings. The SMILES string of the molecule is O=C1CCCC1C1CCCN1CCCO. The first-order chi connectivity index (χ1) is 7.33. The summed E-state index contributed by atoms with van der Waals surface area (Å²) in [5.41, 5.74) is 0. The molecule has 0 bridgehead atoms. The van der Waals surface area contributed by atoms with Gasteiger partial charge in [0.15, 0.2) is 0 Å². The molecule has 1 saturated heterocycles. The predicted octanol–water partition coefficient (Wildman–Crippen LogP) is 1.20. The fraction of sp³-hybridized carbons (Fsp3) is 0.917. The van der Waals surface area contributed by atoms with Crippen LogP contribution in [0.15, 0.2) is 0 Å². The van der Waals surface area contributed by atoms with Crippen LogP contribution in [-0.4, -0.2) is 41.5 Å². The van der Waals surface area contributed by atoms with Crippen LogP contribution < -0.4 is 0 Å². The minimum absolute atomic E-state index is 0.266. The van der Waals surface area contributed by atoms with Crippen LogP contribution >= 0.6 is 0 Å². The van der Waals surface area contributed by atoms with Crippen molar-refractivity contribution in [2.75, 3.05) is 19.7 Å². The molecule has 0 amide bonds. The van der Waals surface area contributed by atoms with Gasteiger partial charge in [-0.1, -0.05) is 0 Å². The summed E-state index contributed by atoms with van der Waals surface area (Å²) in [6.07, 6.45) is 6.24. The first-order valence-electron chi connectivity index (χ1n) is 6.20. The molecule has 3 nitrogen and oxygen atoms in total. The third kappa shape index (κ3) is 2.40. The van der Waals surface area contributed by atoms with E-state index < -0.39 is 0 Å². The van der Waals surface area contributed by atoms with E-state index in [9.17, 15) is 4.79 Å². The predicted molar refractivity (Wildman–Crippen MR) is 58.6 cm³/mol. The fourth-order valence-corrected chi connectivity index (χ4v) is 3.11. The number of aliphatic hydroxyl groups is 1. The van der Waals surface area contributed by atoms with Gasteiger partial charge in [-0.3, -0.25) is 9.69 Å². The summed E-state index contributed by atoms with van der Waals surface area (Å²) in [5.74, 6) is 0.794. The minimum atomic E-state index is 0.266. The largest absolute Gasteiger partial charge is 0.396 e. The molecule has 2 atom stereocenters. The van der Waals surface area contributed by atoms with E-state index in [2.05, 4.69) is 4.90 Å². The Kier molecular flexibility index (Phi) is 3.76. The molecule has 1 saturated carbocycles. The van der Waals surface area contributed by atoms with Gasteiger partial charge in [-0.2, -0.15) is 0 Å². The van der Waals surface area contributed by atoms with Crippen LogP contribution in [0.4, 0.5) is 0 Å². The number of hydrogen-bond acceptors (Lipinski definition) is 3. The summed E-state index contributed by atoms with van der Waals surface area (Å²) < 4.78 is 0. The Morgan fingerprint density at radius 3 is 2.87 bits per heavy atom. The molecule has 15 heavy (non-hydrogen) atoms. The maximum atomic E-state index is 11.7. The number of Topliss-reactive ketones (excluding diaryl/α,β-unsaturated/α-hetero) is 1. The molecule has 86 valence electrons. The van der Waals surface area contributed by atoms with Crippen LogP contribution in [0.2, 0.25) is 0 Å². The van der Waals surface area contributed by atoms with Gasteiger partial charge >= 0.3 is 0 Å². The van der Waals surface area contributed by atoms with Crippen molar-refractivity contribution < 1.29 is 9.90 Å². The fourth-order valence-electron chi connectivity index (χ4n) is 3.11. The summed E-state index contributed by atoms with van der Waals surface area (Å²) in [5, 5.41) is 8.84. The standard InChI is InChI=1S/C12H21NO2/c14-9-3-8-13-7-2-5-11(13)10-4-1-6-12(10)15/h10-11,14H,1-9H2. The van der Waals surface area contributed by atoms with Crippen molar-refractivity contribution in [1.29, 1.82) is 0 Å². The summed E-state index contributed by atoms with van der Waals surface area (Å²) in [4.78, 5) is 14.1. The number of nitrogens with zero attached hydrogens (tertiary/aromatic N) is 1. The molecular formula is C12H21NO2. The molecule has 2 unspecified atom stereocenters. The Labute approximate surface area is 91.5 Å². The average molecular weight is 211 g/mol. The third-order valence-electron chi connectivity index (χ3n) is 3.83. The molecule has 2 aliphatic rings. The van der Waals surface area contributed by atoms with Gasteiger partial charge in [0.25, 0.3) is 0 Å². The Bertz CT molecular complexity index is 230. The Morgan fingerprint density at radius 1 is 1.33 bits per heavy atom. The lowest BCUT2D eigenvalue weighted by Gasteiger charge is -2.28. The quantitative estimate of drug-likeness (QED) is 0.759. The van der Waals surface area contributed by atoms with E-state index in [1.807, 2.05) is 0 Å². The molecule has 0 aromatic heterocycles. The van der Waals surface area contributed by atoms with Gasteiger partial charge in [0.05, 0.1) is 0 Å². The van der Waals surface area contributed by atoms with E-state index in [1.54, 1.807) is 0 Å². The van der Waals surface area contributed by atoms with E-state index in [-0.39, 0.29) is 6.61 Å². The van der Waals surface area contributed by atoms with Gasteiger partial charge in [0.1, 0.15) is 5.78 Å². The highest BCUT2D eigenvalue weighted by atomic mass is 16.3. The molecule has 1 aliphatic heterocycles. The molecule has 2 rings (SSSR count). The molecule has 0 aromatic carbocycles. The van der Waals surface area contributed by atoms with Crippen LogP contribution in [0.25, 0.3) is 0 Å². The summed E-state index contributed by atoms with van der Waals surface area (Å²) in [6, 6.07) is 0.492. The van der Waals surface area contributed by atoms with Gasteiger partial charge in [-0.05, 0) is 38.6 Å². The van der Waals surface area contributed by atoms with Crippen molar-refractivity contribution in [3.05, 3.63) is 0 Å². The zero-order valence-corrected chi connectivity index (χ0v) is 9.32. The maximum Gasteiger partial charge on any atom is 0.137 e. The second-order valence-corrected chi connectivity index (χ2v) is 4.79. The molecule has 0 aromatic rings. The molecule has 1 heterocycles. The number of aliphatic hydroxyl groups excluding tert-OH is 1. The number of ketones is 1. The summed E-state index contributed by atoms with van der Waals surface area (Å²) in [7, 11) is 0. The summed E-state index contributed by atoms with van der Waals surface area (Å²) in [6.45, 7) is 2.35.